The number of esters is 1. The van der Waals surface area contributed by atoms with E-state index in [1.54, 1.807) is 6.07 Å². The van der Waals surface area contributed by atoms with Gasteiger partial charge >= 0.3 is 5.97 Å². The van der Waals surface area contributed by atoms with E-state index in [1.807, 2.05) is 12.1 Å². The van der Waals surface area contributed by atoms with Crippen LogP contribution in [-0.2, 0) is 16.0 Å². The molecule has 0 aliphatic carbocycles. The molecule has 0 aromatic heterocycles. The molecule has 0 unspecified atom stereocenters. The molecule has 1 fully saturated rings. The molecule has 2 rings (SSSR count). The molecule has 6 heteroatoms. The third-order valence-corrected chi connectivity index (χ3v) is 4.47. The second-order valence-electron chi connectivity index (χ2n) is 5.34. The first-order valence-electron chi connectivity index (χ1n) is 7.00. The Morgan fingerprint density at radius 3 is 2.86 bits per heavy atom. The van der Waals surface area contributed by atoms with Crippen LogP contribution >= 0.6 is 23.2 Å². The molecule has 1 aromatic rings. The van der Waals surface area contributed by atoms with Crippen molar-refractivity contribution in [1.29, 1.82) is 0 Å². The molecule has 1 heterocycles. The summed E-state index contributed by atoms with van der Waals surface area (Å²) in [6.07, 6.45) is 0.566. The standard InChI is InChI=1S/C15H20Cl2N2O2/c1-10-9-19(6-5-18-10)14(15(20)21-2)8-11-3-4-12(16)13(17)7-11/h3-4,7,10,14,18H,5-6,8-9H2,1-2H3/t10-,14-/m0/s1. The molecule has 2 atom stereocenters. The Balaban J connectivity index is 2.15. The first-order valence-corrected chi connectivity index (χ1v) is 7.76. The zero-order valence-electron chi connectivity index (χ0n) is 12.2. The Bertz CT molecular complexity index is 510. The van der Waals surface area contributed by atoms with Gasteiger partial charge in [0.2, 0.25) is 0 Å². The van der Waals surface area contributed by atoms with E-state index in [1.165, 1.54) is 7.11 Å². The second-order valence-corrected chi connectivity index (χ2v) is 6.16. The predicted octanol–water partition coefficient (Wildman–Crippen LogP) is 2.37. The van der Waals surface area contributed by atoms with Gasteiger partial charge in [0, 0.05) is 25.7 Å². The van der Waals surface area contributed by atoms with E-state index in [-0.39, 0.29) is 12.0 Å². The van der Waals surface area contributed by atoms with Crippen molar-refractivity contribution in [3.05, 3.63) is 33.8 Å². The summed E-state index contributed by atoms with van der Waals surface area (Å²) in [5.41, 5.74) is 0.978. The van der Waals surface area contributed by atoms with Crippen LogP contribution in [-0.4, -0.2) is 49.7 Å². The number of benzene rings is 1. The fraction of sp³-hybridized carbons (Fsp3) is 0.533. The van der Waals surface area contributed by atoms with E-state index in [0.717, 1.165) is 25.2 Å². The number of carbonyl (C=O) groups is 1. The molecule has 1 aliphatic heterocycles. The Morgan fingerprint density at radius 2 is 2.24 bits per heavy atom. The van der Waals surface area contributed by atoms with Crippen LogP contribution in [0.15, 0.2) is 18.2 Å². The minimum Gasteiger partial charge on any atom is -0.468 e. The number of methoxy groups -OCH3 is 1. The van der Waals surface area contributed by atoms with Crippen LogP contribution in [0, 0.1) is 0 Å². The number of nitrogens with zero attached hydrogens (tertiary/aromatic N) is 1. The lowest BCUT2D eigenvalue weighted by Gasteiger charge is -2.36. The van der Waals surface area contributed by atoms with Gasteiger partial charge < -0.3 is 10.1 Å². The Morgan fingerprint density at radius 1 is 1.48 bits per heavy atom. The molecule has 0 saturated carbocycles. The normalized spacial score (nSPS) is 21.0. The first-order chi connectivity index (χ1) is 10.0. The monoisotopic (exact) mass is 330 g/mol. The van der Waals surface area contributed by atoms with E-state index >= 15 is 0 Å². The molecule has 0 spiro atoms. The molecular weight excluding hydrogens is 311 g/mol. The van der Waals surface area contributed by atoms with Crippen molar-refractivity contribution in [3.63, 3.8) is 0 Å². The van der Waals surface area contributed by atoms with Crippen molar-refractivity contribution in [3.8, 4) is 0 Å². The molecular formula is C15H20Cl2N2O2. The molecule has 1 N–H and O–H groups in total. The highest BCUT2D eigenvalue weighted by molar-refractivity contribution is 6.42. The highest BCUT2D eigenvalue weighted by Crippen LogP contribution is 2.24. The number of ether oxygens (including phenoxy) is 1. The van der Waals surface area contributed by atoms with Crippen molar-refractivity contribution in [2.45, 2.75) is 25.4 Å². The third kappa shape index (κ3) is 4.33. The van der Waals surface area contributed by atoms with Gasteiger partial charge in [-0.1, -0.05) is 29.3 Å². The van der Waals surface area contributed by atoms with Gasteiger partial charge in [-0.25, -0.2) is 0 Å². The van der Waals surface area contributed by atoms with Crippen LogP contribution in [0.3, 0.4) is 0 Å². The van der Waals surface area contributed by atoms with E-state index in [2.05, 4.69) is 17.1 Å². The minimum absolute atomic E-state index is 0.213. The summed E-state index contributed by atoms with van der Waals surface area (Å²) in [5, 5.41) is 4.40. The van der Waals surface area contributed by atoms with Crippen LogP contribution in [0.1, 0.15) is 12.5 Å². The van der Waals surface area contributed by atoms with Gasteiger partial charge in [0.25, 0.3) is 0 Å². The molecule has 1 aliphatic rings. The summed E-state index contributed by atoms with van der Waals surface area (Å²) in [6, 6.07) is 5.53. The van der Waals surface area contributed by atoms with Gasteiger partial charge in [0.05, 0.1) is 17.2 Å². The molecule has 116 valence electrons. The van der Waals surface area contributed by atoms with Crippen LogP contribution in [0.5, 0.6) is 0 Å². The Labute approximate surface area is 135 Å². The fourth-order valence-electron chi connectivity index (χ4n) is 2.63. The van der Waals surface area contributed by atoms with Crippen molar-refractivity contribution in [2.75, 3.05) is 26.7 Å². The van der Waals surface area contributed by atoms with Crippen molar-refractivity contribution < 1.29 is 9.53 Å². The van der Waals surface area contributed by atoms with Gasteiger partial charge in [-0.3, -0.25) is 9.69 Å². The lowest BCUT2D eigenvalue weighted by molar-refractivity contribution is -0.147. The topological polar surface area (TPSA) is 41.6 Å². The number of nitrogens with one attached hydrogen (secondary N) is 1. The minimum atomic E-state index is -0.295. The maximum atomic E-state index is 12.1. The van der Waals surface area contributed by atoms with Gasteiger partial charge in [-0.15, -0.1) is 0 Å². The summed E-state index contributed by atoms with van der Waals surface area (Å²) >= 11 is 12.0. The third-order valence-electron chi connectivity index (χ3n) is 3.73. The lowest BCUT2D eigenvalue weighted by Crippen LogP contribution is -2.55. The van der Waals surface area contributed by atoms with Crippen LogP contribution in [0.2, 0.25) is 10.0 Å². The first kappa shape index (κ1) is 16.6. The van der Waals surface area contributed by atoms with E-state index in [4.69, 9.17) is 27.9 Å². The number of halogens is 2. The number of hydrogen-bond acceptors (Lipinski definition) is 4. The average Bonchev–Trinajstić information content (AvgIpc) is 2.47. The highest BCUT2D eigenvalue weighted by Gasteiger charge is 2.30. The summed E-state index contributed by atoms with van der Waals surface area (Å²) in [4.78, 5) is 14.3. The number of hydrogen-bond donors (Lipinski definition) is 1. The lowest BCUT2D eigenvalue weighted by atomic mass is 10.0. The molecule has 0 bridgehead atoms. The molecule has 0 amide bonds. The number of carbonyl (C=O) groups excluding carboxylic acids is 1. The van der Waals surface area contributed by atoms with Gasteiger partial charge in [-0.2, -0.15) is 0 Å². The van der Waals surface area contributed by atoms with Crippen molar-refractivity contribution >= 4 is 29.2 Å². The summed E-state index contributed by atoms with van der Waals surface area (Å²) in [6.45, 7) is 4.63. The maximum Gasteiger partial charge on any atom is 0.323 e. The smallest absolute Gasteiger partial charge is 0.323 e. The number of piperazine rings is 1. The van der Waals surface area contributed by atoms with Gasteiger partial charge in [-0.05, 0) is 31.0 Å². The summed E-state index contributed by atoms with van der Waals surface area (Å²) < 4.78 is 4.97. The average molecular weight is 331 g/mol. The largest absolute Gasteiger partial charge is 0.468 e. The predicted molar refractivity (Wildman–Crippen MR) is 85.0 cm³/mol. The zero-order chi connectivity index (χ0) is 15.4. The fourth-order valence-corrected chi connectivity index (χ4v) is 2.95. The van der Waals surface area contributed by atoms with Crippen molar-refractivity contribution in [1.82, 2.24) is 10.2 Å². The Kier molecular flexibility index (Phi) is 5.88. The Hall–Kier alpha value is -0.810. The molecule has 1 aromatic carbocycles. The number of rotatable bonds is 4. The van der Waals surface area contributed by atoms with E-state index in [9.17, 15) is 4.79 Å². The van der Waals surface area contributed by atoms with Crippen LogP contribution < -0.4 is 5.32 Å². The summed E-state index contributed by atoms with van der Waals surface area (Å²) in [7, 11) is 1.43. The SMILES string of the molecule is COC(=O)[C@H](Cc1ccc(Cl)c(Cl)c1)N1CCN[C@@H](C)C1. The molecule has 0 radical (unpaired) electrons. The quantitative estimate of drug-likeness (QED) is 0.860. The van der Waals surface area contributed by atoms with E-state index in [0.29, 0.717) is 22.5 Å². The zero-order valence-corrected chi connectivity index (χ0v) is 13.7. The summed E-state index contributed by atoms with van der Waals surface area (Å²) in [5.74, 6) is -0.213. The van der Waals surface area contributed by atoms with Crippen LogP contribution in [0.25, 0.3) is 0 Å². The highest BCUT2D eigenvalue weighted by atomic mass is 35.5. The van der Waals surface area contributed by atoms with Gasteiger partial charge in [0.15, 0.2) is 0 Å². The van der Waals surface area contributed by atoms with E-state index < -0.39 is 0 Å². The van der Waals surface area contributed by atoms with Crippen LogP contribution in [0.4, 0.5) is 0 Å². The maximum absolute atomic E-state index is 12.1. The van der Waals surface area contributed by atoms with Crippen molar-refractivity contribution in [2.24, 2.45) is 0 Å². The second kappa shape index (κ2) is 7.45. The van der Waals surface area contributed by atoms with Gasteiger partial charge in [0.1, 0.15) is 6.04 Å². The molecule has 4 nitrogen and oxygen atoms in total. The molecule has 1 saturated heterocycles. The molecule has 21 heavy (non-hydrogen) atoms.